The maximum atomic E-state index is 11.9. The van der Waals surface area contributed by atoms with Crippen molar-refractivity contribution in [3.05, 3.63) is 56.0 Å². The summed E-state index contributed by atoms with van der Waals surface area (Å²) in [6, 6.07) is 3.80. The summed E-state index contributed by atoms with van der Waals surface area (Å²) in [5.74, 6) is 1.33. The van der Waals surface area contributed by atoms with Crippen LogP contribution < -0.4 is 10.9 Å². The second-order valence-corrected chi connectivity index (χ2v) is 8.49. The van der Waals surface area contributed by atoms with Gasteiger partial charge in [0.1, 0.15) is 11.6 Å². The summed E-state index contributed by atoms with van der Waals surface area (Å²) in [6.07, 6.45) is 2.57. The van der Waals surface area contributed by atoms with Crippen molar-refractivity contribution in [2.75, 3.05) is 11.9 Å². The Morgan fingerprint density at radius 1 is 1.19 bits per heavy atom. The smallest absolute Gasteiger partial charge is 0.254 e. The Hall–Kier alpha value is -2.54. The SMILES string of the molecule is Cc1nc(-c2ccc(NCCc3csc(C(C)(C)C)n3)nc2)[nH]c(=O)c1C. The molecule has 3 aromatic heterocycles. The molecule has 0 aromatic carbocycles. The van der Waals surface area contributed by atoms with E-state index in [1.54, 1.807) is 24.5 Å². The lowest BCUT2D eigenvalue weighted by molar-refractivity contribution is 0.583. The molecule has 142 valence electrons. The average molecular weight is 384 g/mol. The minimum Gasteiger partial charge on any atom is -0.370 e. The Labute approximate surface area is 163 Å². The Morgan fingerprint density at radius 2 is 1.96 bits per heavy atom. The highest BCUT2D eigenvalue weighted by atomic mass is 32.1. The van der Waals surface area contributed by atoms with Crippen LogP contribution in [0.4, 0.5) is 5.82 Å². The normalized spacial score (nSPS) is 11.6. The van der Waals surface area contributed by atoms with Gasteiger partial charge in [0.05, 0.1) is 10.7 Å². The molecule has 0 spiro atoms. The molecule has 3 rings (SSSR count). The molecule has 3 heterocycles. The van der Waals surface area contributed by atoms with Crippen molar-refractivity contribution in [2.45, 2.75) is 46.5 Å². The fraction of sp³-hybridized carbons (Fsp3) is 0.400. The van der Waals surface area contributed by atoms with Crippen LogP contribution in [0.2, 0.25) is 0 Å². The lowest BCUT2D eigenvalue weighted by Gasteiger charge is -2.13. The standard InChI is InChI=1S/C20H25N5OS/c1-12-13(2)23-17(25-18(12)26)14-6-7-16(22-10-14)21-9-8-15-11-27-19(24-15)20(3,4)5/h6-7,10-11H,8-9H2,1-5H3,(H,21,22)(H,23,25,26). The zero-order chi connectivity index (χ0) is 19.6. The molecule has 0 bridgehead atoms. The van der Waals surface area contributed by atoms with Crippen molar-refractivity contribution in [1.82, 2.24) is 19.9 Å². The topological polar surface area (TPSA) is 83.6 Å². The maximum absolute atomic E-state index is 11.9. The molecule has 27 heavy (non-hydrogen) atoms. The molecule has 6 nitrogen and oxygen atoms in total. The fourth-order valence-electron chi connectivity index (χ4n) is 2.51. The second-order valence-electron chi connectivity index (χ2n) is 7.63. The first kappa shape index (κ1) is 19.2. The zero-order valence-electron chi connectivity index (χ0n) is 16.4. The molecule has 3 aromatic rings. The van der Waals surface area contributed by atoms with E-state index in [1.807, 2.05) is 19.1 Å². The number of anilines is 1. The number of pyridine rings is 1. The van der Waals surface area contributed by atoms with Gasteiger partial charge in [-0.25, -0.2) is 15.0 Å². The summed E-state index contributed by atoms with van der Waals surface area (Å²) in [7, 11) is 0. The van der Waals surface area contributed by atoms with E-state index in [1.165, 1.54) is 0 Å². The van der Waals surface area contributed by atoms with Crippen molar-refractivity contribution in [3.63, 3.8) is 0 Å². The number of hydrogen-bond donors (Lipinski definition) is 2. The molecule has 2 N–H and O–H groups in total. The van der Waals surface area contributed by atoms with Crippen LogP contribution in [0.5, 0.6) is 0 Å². The van der Waals surface area contributed by atoms with E-state index < -0.39 is 0 Å². The molecule has 7 heteroatoms. The summed E-state index contributed by atoms with van der Waals surface area (Å²) in [5, 5.41) is 6.60. The third kappa shape index (κ3) is 4.60. The van der Waals surface area contributed by atoms with Gasteiger partial charge < -0.3 is 10.3 Å². The molecule has 0 aliphatic carbocycles. The molecule has 0 radical (unpaired) electrons. The highest BCUT2D eigenvalue weighted by Gasteiger charge is 2.17. The quantitative estimate of drug-likeness (QED) is 0.699. The maximum Gasteiger partial charge on any atom is 0.254 e. The van der Waals surface area contributed by atoms with Crippen LogP contribution >= 0.6 is 11.3 Å². The van der Waals surface area contributed by atoms with Crippen LogP contribution in [-0.2, 0) is 11.8 Å². The molecule has 0 fully saturated rings. The van der Waals surface area contributed by atoms with Gasteiger partial charge in [-0.3, -0.25) is 4.79 Å². The Bertz CT molecular complexity index is 983. The van der Waals surface area contributed by atoms with Crippen LogP contribution in [0.25, 0.3) is 11.4 Å². The minimum absolute atomic E-state index is 0.0943. The zero-order valence-corrected chi connectivity index (χ0v) is 17.2. The summed E-state index contributed by atoms with van der Waals surface area (Å²) < 4.78 is 0. The van der Waals surface area contributed by atoms with Gasteiger partial charge in [-0.05, 0) is 26.0 Å². The van der Waals surface area contributed by atoms with Crippen molar-refractivity contribution < 1.29 is 0 Å². The monoisotopic (exact) mass is 383 g/mol. The summed E-state index contributed by atoms with van der Waals surface area (Å²) >= 11 is 1.72. The van der Waals surface area contributed by atoms with Gasteiger partial charge in [-0.2, -0.15) is 0 Å². The van der Waals surface area contributed by atoms with Crippen molar-refractivity contribution >= 4 is 17.2 Å². The van der Waals surface area contributed by atoms with E-state index >= 15 is 0 Å². The molecular formula is C20H25N5OS. The molecule has 0 aliphatic rings. The van der Waals surface area contributed by atoms with E-state index in [4.69, 9.17) is 4.98 Å². The predicted octanol–water partition coefficient (Wildman–Crippen LogP) is 3.86. The molecule has 0 saturated carbocycles. The highest BCUT2D eigenvalue weighted by molar-refractivity contribution is 7.09. The summed E-state index contributed by atoms with van der Waals surface area (Å²) in [6.45, 7) is 10.9. The molecule has 0 atom stereocenters. The second kappa shape index (κ2) is 7.60. The number of nitrogens with one attached hydrogen (secondary N) is 2. The number of aryl methyl sites for hydroxylation is 1. The van der Waals surface area contributed by atoms with E-state index in [2.05, 4.69) is 46.4 Å². The number of H-pyrrole nitrogens is 1. The van der Waals surface area contributed by atoms with Crippen molar-refractivity contribution in [1.29, 1.82) is 0 Å². The van der Waals surface area contributed by atoms with Crippen molar-refractivity contribution in [3.8, 4) is 11.4 Å². The first-order valence-electron chi connectivity index (χ1n) is 8.97. The number of hydrogen-bond acceptors (Lipinski definition) is 6. The first-order valence-corrected chi connectivity index (χ1v) is 9.84. The van der Waals surface area contributed by atoms with Gasteiger partial charge in [0.2, 0.25) is 0 Å². The van der Waals surface area contributed by atoms with Crippen LogP contribution in [0.15, 0.2) is 28.5 Å². The lowest BCUT2D eigenvalue weighted by Crippen LogP contribution is -2.14. The van der Waals surface area contributed by atoms with Crippen molar-refractivity contribution in [2.24, 2.45) is 0 Å². The number of rotatable bonds is 5. The third-order valence-corrected chi connectivity index (χ3v) is 5.63. The van der Waals surface area contributed by atoms with Gasteiger partial charge in [-0.15, -0.1) is 11.3 Å². The predicted molar refractivity (Wildman–Crippen MR) is 111 cm³/mol. The molecular weight excluding hydrogens is 358 g/mol. The molecule has 0 saturated heterocycles. The summed E-state index contributed by atoms with van der Waals surface area (Å²) in [4.78, 5) is 28.3. The van der Waals surface area contributed by atoms with Crippen LogP contribution in [0, 0.1) is 13.8 Å². The first-order chi connectivity index (χ1) is 12.7. The summed E-state index contributed by atoms with van der Waals surface area (Å²) in [5.41, 5.74) is 3.24. The van der Waals surface area contributed by atoms with Gasteiger partial charge in [-0.1, -0.05) is 20.8 Å². The number of thiazole rings is 1. The largest absolute Gasteiger partial charge is 0.370 e. The van der Waals surface area contributed by atoms with E-state index in [0.29, 0.717) is 11.4 Å². The average Bonchev–Trinajstić information content (AvgIpc) is 3.09. The number of nitrogens with zero attached hydrogens (tertiary/aromatic N) is 3. The molecule has 0 amide bonds. The van der Waals surface area contributed by atoms with Gasteiger partial charge in [0.25, 0.3) is 5.56 Å². The molecule has 0 unspecified atom stereocenters. The lowest BCUT2D eigenvalue weighted by atomic mass is 9.98. The van der Waals surface area contributed by atoms with Crippen LogP contribution in [0.1, 0.15) is 42.7 Å². The minimum atomic E-state index is -0.113. The van der Waals surface area contributed by atoms with Crippen LogP contribution in [-0.4, -0.2) is 26.5 Å². The number of aromatic amines is 1. The Kier molecular flexibility index (Phi) is 5.41. The number of aromatic nitrogens is 4. The van der Waals surface area contributed by atoms with Crippen LogP contribution in [0.3, 0.4) is 0 Å². The van der Waals surface area contributed by atoms with E-state index in [0.717, 1.165) is 40.7 Å². The third-order valence-electron chi connectivity index (χ3n) is 4.31. The van der Waals surface area contributed by atoms with Gasteiger partial charge in [0, 0.05) is 46.8 Å². The van der Waals surface area contributed by atoms with E-state index in [9.17, 15) is 4.79 Å². The fourth-order valence-corrected chi connectivity index (χ4v) is 3.45. The van der Waals surface area contributed by atoms with E-state index in [-0.39, 0.29) is 11.0 Å². The Morgan fingerprint density at radius 3 is 2.56 bits per heavy atom. The van der Waals surface area contributed by atoms with Gasteiger partial charge in [0.15, 0.2) is 0 Å². The molecule has 0 aliphatic heterocycles. The highest BCUT2D eigenvalue weighted by Crippen LogP contribution is 2.25. The van der Waals surface area contributed by atoms with Gasteiger partial charge >= 0.3 is 0 Å². The Balaban J connectivity index is 1.61.